The standard InChI is InChI=1S/C24H26N4O7S/c1-34-20-12-18(22(24(29)30)26-17-10-8-16(9-11-17)23(25)27-31)19(28-36(2,32)33)13-21(20)35-14-15-6-4-3-5-7-15/h3-13,22,26,28,31H,14H2,1-2H3,(H2,25,27)(H,29,30). The van der Waals surface area contributed by atoms with Crippen molar-refractivity contribution in [1.82, 2.24) is 0 Å². The number of nitrogens with zero attached hydrogens (tertiary/aromatic N) is 1. The first-order valence-corrected chi connectivity index (χ1v) is 12.4. The summed E-state index contributed by atoms with van der Waals surface area (Å²) in [4.78, 5) is 12.3. The number of methoxy groups -OCH3 is 1. The molecule has 0 amide bonds. The van der Waals surface area contributed by atoms with Crippen LogP contribution < -0.4 is 25.2 Å². The number of sulfonamides is 1. The van der Waals surface area contributed by atoms with Crippen molar-refractivity contribution in [2.75, 3.05) is 23.4 Å². The van der Waals surface area contributed by atoms with E-state index in [1.54, 1.807) is 12.1 Å². The van der Waals surface area contributed by atoms with Gasteiger partial charge >= 0.3 is 5.97 Å². The van der Waals surface area contributed by atoms with Crippen molar-refractivity contribution >= 4 is 33.2 Å². The Morgan fingerprint density at radius 2 is 1.75 bits per heavy atom. The highest BCUT2D eigenvalue weighted by molar-refractivity contribution is 7.92. The Hall–Kier alpha value is -4.45. The molecule has 0 radical (unpaired) electrons. The van der Waals surface area contributed by atoms with E-state index >= 15 is 0 Å². The quantitative estimate of drug-likeness (QED) is 0.112. The molecule has 0 aromatic heterocycles. The molecule has 3 aromatic carbocycles. The van der Waals surface area contributed by atoms with Gasteiger partial charge in [0.15, 0.2) is 23.4 Å². The summed E-state index contributed by atoms with van der Waals surface area (Å²) in [6.07, 6.45) is 0.959. The molecule has 1 unspecified atom stereocenters. The van der Waals surface area contributed by atoms with E-state index < -0.39 is 22.0 Å². The number of carboxylic acid groups (broad SMARTS) is 1. The summed E-state index contributed by atoms with van der Waals surface area (Å²) in [6, 6.07) is 16.9. The predicted octanol–water partition coefficient (Wildman–Crippen LogP) is 2.98. The average molecular weight is 515 g/mol. The molecule has 3 aromatic rings. The Kier molecular flexibility index (Phi) is 8.22. The Balaban J connectivity index is 2.01. The highest BCUT2D eigenvalue weighted by atomic mass is 32.2. The van der Waals surface area contributed by atoms with E-state index in [1.165, 1.54) is 31.4 Å². The highest BCUT2D eigenvalue weighted by Gasteiger charge is 2.27. The number of aliphatic carboxylic acids is 1. The van der Waals surface area contributed by atoms with E-state index in [1.807, 2.05) is 30.3 Å². The summed E-state index contributed by atoms with van der Waals surface area (Å²) in [5.41, 5.74) is 7.37. The number of anilines is 2. The summed E-state index contributed by atoms with van der Waals surface area (Å²) in [5.74, 6) is -0.933. The number of hydrogen-bond donors (Lipinski definition) is 5. The van der Waals surface area contributed by atoms with Crippen molar-refractivity contribution in [3.63, 3.8) is 0 Å². The van der Waals surface area contributed by atoms with E-state index in [0.29, 0.717) is 11.3 Å². The lowest BCUT2D eigenvalue weighted by atomic mass is 10.0. The number of ether oxygens (including phenoxy) is 2. The van der Waals surface area contributed by atoms with Gasteiger partial charge in [0.2, 0.25) is 10.0 Å². The molecule has 36 heavy (non-hydrogen) atoms. The van der Waals surface area contributed by atoms with Crippen LogP contribution in [0.25, 0.3) is 0 Å². The van der Waals surface area contributed by atoms with Gasteiger partial charge in [-0.1, -0.05) is 35.5 Å². The van der Waals surface area contributed by atoms with Crippen LogP contribution in [-0.4, -0.2) is 43.9 Å². The molecule has 0 aliphatic heterocycles. The van der Waals surface area contributed by atoms with Crippen LogP contribution in [0.2, 0.25) is 0 Å². The maximum Gasteiger partial charge on any atom is 0.330 e. The van der Waals surface area contributed by atoms with E-state index in [0.717, 1.165) is 11.8 Å². The molecular formula is C24H26N4O7S. The van der Waals surface area contributed by atoms with Crippen molar-refractivity contribution < 1.29 is 33.0 Å². The Morgan fingerprint density at radius 3 is 2.31 bits per heavy atom. The van der Waals surface area contributed by atoms with Crippen molar-refractivity contribution in [3.05, 3.63) is 83.4 Å². The molecule has 0 saturated carbocycles. The lowest BCUT2D eigenvalue weighted by Crippen LogP contribution is -2.23. The van der Waals surface area contributed by atoms with Gasteiger partial charge in [-0.3, -0.25) is 4.72 Å². The summed E-state index contributed by atoms with van der Waals surface area (Å²) in [5, 5.41) is 24.6. The van der Waals surface area contributed by atoms with Crippen LogP contribution >= 0.6 is 0 Å². The summed E-state index contributed by atoms with van der Waals surface area (Å²) >= 11 is 0. The number of carboxylic acids is 1. The van der Waals surface area contributed by atoms with Crippen LogP contribution in [0.5, 0.6) is 11.5 Å². The normalized spacial score (nSPS) is 12.4. The Labute approximate surface area is 208 Å². The molecule has 0 spiro atoms. The summed E-state index contributed by atoms with van der Waals surface area (Å²) in [6.45, 7) is 0.183. The van der Waals surface area contributed by atoms with Crippen LogP contribution in [0.1, 0.15) is 22.7 Å². The molecule has 0 fully saturated rings. The van der Waals surface area contributed by atoms with E-state index in [4.69, 9.17) is 20.4 Å². The van der Waals surface area contributed by atoms with Crippen LogP contribution in [0.15, 0.2) is 71.9 Å². The minimum Gasteiger partial charge on any atom is -0.493 e. The fourth-order valence-corrected chi connectivity index (χ4v) is 3.92. The number of nitrogens with one attached hydrogen (secondary N) is 2. The Morgan fingerprint density at radius 1 is 1.08 bits per heavy atom. The van der Waals surface area contributed by atoms with Crippen molar-refractivity contribution in [2.24, 2.45) is 10.9 Å². The number of benzene rings is 3. The van der Waals surface area contributed by atoms with Gasteiger partial charge in [0.05, 0.1) is 19.1 Å². The fraction of sp³-hybridized carbons (Fsp3) is 0.167. The predicted molar refractivity (Wildman–Crippen MR) is 135 cm³/mol. The van der Waals surface area contributed by atoms with Crippen molar-refractivity contribution in [2.45, 2.75) is 12.6 Å². The van der Waals surface area contributed by atoms with Gasteiger partial charge in [0.25, 0.3) is 0 Å². The second-order valence-corrected chi connectivity index (χ2v) is 9.47. The molecule has 3 rings (SSSR count). The minimum absolute atomic E-state index is 0.00883. The van der Waals surface area contributed by atoms with Crippen LogP contribution in [0, 0.1) is 0 Å². The Bertz CT molecular complexity index is 1340. The van der Waals surface area contributed by atoms with Crippen LogP contribution in [0.3, 0.4) is 0 Å². The third kappa shape index (κ3) is 6.79. The van der Waals surface area contributed by atoms with Crippen molar-refractivity contribution in [3.8, 4) is 11.5 Å². The molecular weight excluding hydrogens is 488 g/mol. The second-order valence-electron chi connectivity index (χ2n) is 7.72. The van der Waals surface area contributed by atoms with Gasteiger partial charge in [0, 0.05) is 22.9 Å². The number of carbonyl (C=O) groups is 1. The van der Waals surface area contributed by atoms with Crippen LogP contribution in [-0.2, 0) is 21.4 Å². The van der Waals surface area contributed by atoms with E-state index in [-0.39, 0.29) is 35.2 Å². The first kappa shape index (κ1) is 26.2. The summed E-state index contributed by atoms with van der Waals surface area (Å²) < 4.78 is 37.8. The van der Waals surface area contributed by atoms with Gasteiger partial charge < -0.3 is 30.8 Å². The zero-order valence-corrected chi connectivity index (χ0v) is 20.3. The summed E-state index contributed by atoms with van der Waals surface area (Å²) in [7, 11) is -2.38. The topological polar surface area (TPSA) is 173 Å². The number of hydrogen-bond acceptors (Lipinski definition) is 8. The molecule has 12 heteroatoms. The SMILES string of the molecule is COc1cc(C(Nc2ccc(/C(N)=N/O)cc2)C(=O)O)c(NS(C)(=O)=O)cc1OCc1ccccc1. The maximum absolute atomic E-state index is 12.3. The molecule has 1 atom stereocenters. The zero-order chi connectivity index (χ0) is 26.3. The maximum atomic E-state index is 12.3. The van der Waals surface area contributed by atoms with Gasteiger partial charge in [-0.05, 0) is 35.9 Å². The number of nitrogens with two attached hydrogens (primary N) is 1. The van der Waals surface area contributed by atoms with Gasteiger partial charge in [-0.25, -0.2) is 13.2 Å². The molecule has 0 aliphatic rings. The third-order valence-corrected chi connectivity index (χ3v) is 5.62. The zero-order valence-electron chi connectivity index (χ0n) is 19.5. The van der Waals surface area contributed by atoms with E-state index in [9.17, 15) is 18.3 Å². The molecule has 0 bridgehead atoms. The van der Waals surface area contributed by atoms with Gasteiger partial charge in [-0.15, -0.1) is 0 Å². The third-order valence-electron chi connectivity index (χ3n) is 5.03. The van der Waals surface area contributed by atoms with Gasteiger partial charge in [-0.2, -0.15) is 0 Å². The largest absolute Gasteiger partial charge is 0.493 e. The highest BCUT2D eigenvalue weighted by Crippen LogP contribution is 2.38. The first-order chi connectivity index (χ1) is 17.1. The first-order valence-electron chi connectivity index (χ1n) is 10.5. The van der Waals surface area contributed by atoms with Gasteiger partial charge in [0.1, 0.15) is 6.61 Å². The second kappa shape index (κ2) is 11.3. The molecule has 0 aliphatic carbocycles. The smallest absolute Gasteiger partial charge is 0.330 e. The fourth-order valence-electron chi connectivity index (χ4n) is 3.34. The molecule has 0 saturated heterocycles. The molecule has 6 N–H and O–H groups in total. The minimum atomic E-state index is -3.77. The molecule has 190 valence electrons. The lowest BCUT2D eigenvalue weighted by Gasteiger charge is -2.22. The monoisotopic (exact) mass is 514 g/mol. The number of amidine groups is 1. The molecule has 0 heterocycles. The van der Waals surface area contributed by atoms with Crippen LogP contribution in [0.4, 0.5) is 11.4 Å². The lowest BCUT2D eigenvalue weighted by molar-refractivity contribution is -0.138. The average Bonchev–Trinajstić information content (AvgIpc) is 2.85. The molecule has 11 nitrogen and oxygen atoms in total. The van der Waals surface area contributed by atoms with Crippen molar-refractivity contribution in [1.29, 1.82) is 0 Å². The number of rotatable bonds is 11. The van der Waals surface area contributed by atoms with E-state index in [2.05, 4.69) is 15.2 Å². The number of oxime groups is 1.